The van der Waals surface area contributed by atoms with E-state index in [0.717, 1.165) is 23.5 Å². The van der Waals surface area contributed by atoms with Gasteiger partial charge in [-0.25, -0.2) is 4.98 Å². The van der Waals surface area contributed by atoms with E-state index < -0.39 is 0 Å². The molecular weight excluding hydrogens is 296 g/mol. The molecule has 7 heteroatoms. The summed E-state index contributed by atoms with van der Waals surface area (Å²) in [6.07, 6.45) is 0. The second-order valence-corrected chi connectivity index (χ2v) is 5.58. The molecule has 5 nitrogen and oxygen atoms in total. The largest absolute Gasteiger partial charge is 0.383 e. The van der Waals surface area contributed by atoms with Crippen LogP contribution in [-0.4, -0.2) is 16.5 Å². The maximum atomic E-state index is 11.3. The molecule has 0 atom stereocenters. The lowest BCUT2D eigenvalue weighted by molar-refractivity contribution is 0.726. The number of anilines is 1. The van der Waals surface area contributed by atoms with E-state index in [4.69, 9.17) is 17.3 Å². The molecule has 0 unspecified atom stereocenters. The molecule has 1 aromatic carbocycles. The fourth-order valence-corrected chi connectivity index (χ4v) is 2.76. The topological polar surface area (TPSA) is 83.8 Å². The van der Waals surface area contributed by atoms with Crippen molar-refractivity contribution in [2.75, 3.05) is 12.3 Å². The average molecular weight is 311 g/mol. The summed E-state index contributed by atoms with van der Waals surface area (Å²) in [5.41, 5.74) is 6.31. The molecule has 0 saturated heterocycles. The van der Waals surface area contributed by atoms with E-state index in [1.165, 1.54) is 17.8 Å². The molecule has 0 saturated carbocycles. The van der Waals surface area contributed by atoms with Crippen LogP contribution >= 0.6 is 23.4 Å². The lowest BCUT2D eigenvalue weighted by atomic mass is 10.2. The Balaban J connectivity index is 2.17. The van der Waals surface area contributed by atoms with Gasteiger partial charge in [0, 0.05) is 22.5 Å². The second kappa shape index (κ2) is 6.78. The van der Waals surface area contributed by atoms with E-state index in [9.17, 15) is 4.79 Å². The summed E-state index contributed by atoms with van der Waals surface area (Å²) in [4.78, 5) is 18.9. The average Bonchev–Trinajstić information content (AvgIpc) is 2.36. The summed E-state index contributed by atoms with van der Waals surface area (Å²) in [7, 11) is 0. The highest BCUT2D eigenvalue weighted by molar-refractivity contribution is 7.99. The minimum atomic E-state index is -0.269. The number of nitrogen functional groups attached to an aromatic ring is 1. The maximum Gasteiger partial charge on any atom is 0.253 e. The van der Waals surface area contributed by atoms with Crippen molar-refractivity contribution in [2.24, 2.45) is 0 Å². The van der Waals surface area contributed by atoms with Crippen LogP contribution in [-0.2, 0) is 6.54 Å². The summed E-state index contributed by atoms with van der Waals surface area (Å²) in [6.45, 7) is 3.66. The molecule has 0 aliphatic carbocycles. The number of hydrogen-bond acceptors (Lipinski definition) is 5. The van der Waals surface area contributed by atoms with Gasteiger partial charge in [-0.1, -0.05) is 36.4 Å². The molecule has 0 radical (unpaired) electrons. The predicted octanol–water partition coefficient (Wildman–Crippen LogP) is 2.27. The molecule has 0 amide bonds. The van der Waals surface area contributed by atoms with Gasteiger partial charge in [0.25, 0.3) is 5.56 Å². The van der Waals surface area contributed by atoms with Crippen molar-refractivity contribution >= 4 is 29.2 Å². The van der Waals surface area contributed by atoms with E-state index in [-0.39, 0.29) is 11.4 Å². The first-order valence-corrected chi connectivity index (χ1v) is 7.31. The monoisotopic (exact) mass is 310 g/mol. The molecule has 1 aromatic heterocycles. The van der Waals surface area contributed by atoms with Crippen molar-refractivity contribution in [3.63, 3.8) is 0 Å². The molecule has 0 aliphatic heterocycles. The molecule has 2 aromatic rings. The molecule has 2 rings (SSSR count). The normalized spacial score (nSPS) is 10.7. The molecule has 0 aliphatic rings. The zero-order chi connectivity index (χ0) is 14.5. The van der Waals surface area contributed by atoms with Gasteiger partial charge in [-0.05, 0) is 24.2 Å². The van der Waals surface area contributed by atoms with E-state index >= 15 is 0 Å². The predicted molar refractivity (Wildman–Crippen MR) is 82.2 cm³/mol. The first kappa shape index (κ1) is 14.9. The van der Waals surface area contributed by atoms with Crippen LogP contribution in [0.4, 0.5) is 5.82 Å². The third kappa shape index (κ3) is 4.00. The highest BCUT2D eigenvalue weighted by Crippen LogP contribution is 2.28. The Labute approximate surface area is 126 Å². The Morgan fingerprint density at radius 2 is 2.25 bits per heavy atom. The standard InChI is InChI=1S/C13H15ClN4OS/c1-2-16-7-8-3-4-9(5-10(8)14)20-13-17-11(15)6-12(19)18-13/h3-6,16H,2,7H2,1H3,(H3,15,17,18,19). The minimum Gasteiger partial charge on any atom is -0.383 e. The lowest BCUT2D eigenvalue weighted by Crippen LogP contribution is -2.12. The third-order valence-corrected chi connectivity index (χ3v) is 3.77. The summed E-state index contributed by atoms with van der Waals surface area (Å²) < 4.78 is 0. The first-order valence-electron chi connectivity index (χ1n) is 6.12. The highest BCUT2D eigenvalue weighted by Gasteiger charge is 2.05. The van der Waals surface area contributed by atoms with Crippen LogP contribution in [0.5, 0.6) is 0 Å². The Bertz CT molecular complexity index is 659. The summed E-state index contributed by atoms with van der Waals surface area (Å²) in [5.74, 6) is 0.200. The number of aromatic amines is 1. The summed E-state index contributed by atoms with van der Waals surface area (Å²) in [5, 5.41) is 4.35. The molecule has 0 spiro atoms. The number of rotatable bonds is 5. The number of nitrogens with one attached hydrogen (secondary N) is 2. The van der Waals surface area contributed by atoms with E-state index in [2.05, 4.69) is 15.3 Å². The Kier molecular flexibility index (Phi) is 5.05. The highest BCUT2D eigenvalue weighted by atomic mass is 35.5. The molecule has 0 fully saturated rings. The van der Waals surface area contributed by atoms with Crippen LogP contribution in [0.15, 0.2) is 39.1 Å². The van der Waals surface area contributed by atoms with Crippen molar-refractivity contribution in [1.29, 1.82) is 0 Å². The first-order chi connectivity index (χ1) is 9.58. The van der Waals surface area contributed by atoms with Crippen LogP contribution in [0.3, 0.4) is 0 Å². The zero-order valence-corrected chi connectivity index (χ0v) is 12.5. The molecule has 1 heterocycles. The SMILES string of the molecule is CCNCc1ccc(Sc2nc(N)cc(=O)[nH]2)cc1Cl. The van der Waals surface area contributed by atoms with Gasteiger partial charge in [-0.2, -0.15) is 0 Å². The van der Waals surface area contributed by atoms with Gasteiger partial charge in [0.2, 0.25) is 0 Å². The molecule has 0 bridgehead atoms. The third-order valence-electron chi connectivity index (χ3n) is 2.54. The molecule has 106 valence electrons. The van der Waals surface area contributed by atoms with Gasteiger partial charge < -0.3 is 16.0 Å². The van der Waals surface area contributed by atoms with Crippen molar-refractivity contribution in [2.45, 2.75) is 23.5 Å². The van der Waals surface area contributed by atoms with Crippen molar-refractivity contribution in [1.82, 2.24) is 15.3 Å². The number of hydrogen-bond donors (Lipinski definition) is 3. The number of nitrogens with zero attached hydrogens (tertiary/aromatic N) is 1. The van der Waals surface area contributed by atoms with Gasteiger partial charge >= 0.3 is 0 Å². The van der Waals surface area contributed by atoms with Crippen LogP contribution in [0.2, 0.25) is 5.02 Å². The Morgan fingerprint density at radius 3 is 2.90 bits per heavy atom. The second-order valence-electron chi connectivity index (χ2n) is 4.11. The molecular formula is C13H15ClN4OS. The zero-order valence-electron chi connectivity index (χ0n) is 10.9. The number of benzene rings is 1. The van der Waals surface area contributed by atoms with Crippen LogP contribution in [0.1, 0.15) is 12.5 Å². The quantitative estimate of drug-likeness (QED) is 0.738. The Morgan fingerprint density at radius 1 is 1.45 bits per heavy atom. The molecule has 4 N–H and O–H groups in total. The van der Waals surface area contributed by atoms with Crippen molar-refractivity contribution in [3.8, 4) is 0 Å². The lowest BCUT2D eigenvalue weighted by Gasteiger charge is -2.07. The van der Waals surface area contributed by atoms with E-state index in [1.54, 1.807) is 0 Å². The number of aromatic nitrogens is 2. The van der Waals surface area contributed by atoms with Gasteiger partial charge in [0.1, 0.15) is 5.82 Å². The van der Waals surface area contributed by atoms with Crippen LogP contribution in [0, 0.1) is 0 Å². The fraction of sp³-hybridized carbons (Fsp3) is 0.231. The van der Waals surface area contributed by atoms with Crippen molar-refractivity contribution < 1.29 is 0 Å². The smallest absolute Gasteiger partial charge is 0.253 e. The number of nitrogens with two attached hydrogens (primary N) is 1. The van der Waals surface area contributed by atoms with Gasteiger partial charge in [0.15, 0.2) is 5.16 Å². The van der Waals surface area contributed by atoms with E-state index in [0.29, 0.717) is 10.2 Å². The minimum absolute atomic E-state index is 0.200. The van der Waals surface area contributed by atoms with Gasteiger partial charge in [-0.3, -0.25) is 4.79 Å². The number of halogens is 1. The van der Waals surface area contributed by atoms with Gasteiger partial charge in [-0.15, -0.1) is 0 Å². The Hall–Kier alpha value is -1.50. The fourth-order valence-electron chi connectivity index (χ4n) is 1.61. The summed E-state index contributed by atoms with van der Waals surface area (Å²) in [6, 6.07) is 6.99. The van der Waals surface area contributed by atoms with Gasteiger partial charge in [0.05, 0.1) is 0 Å². The number of H-pyrrole nitrogens is 1. The summed E-state index contributed by atoms with van der Waals surface area (Å²) >= 11 is 7.53. The maximum absolute atomic E-state index is 11.3. The van der Waals surface area contributed by atoms with E-state index in [1.807, 2.05) is 25.1 Å². The molecule has 20 heavy (non-hydrogen) atoms. The van der Waals surface area contributed by atoms with Crippen LogP contribution in [0.25, 0.3) is 0 Å². The van der Waals surface area contributed by atoms with Crippen molar-refractivity contribution in [3.05, 3.63) is 45.2 Å². The van der Waals surface area contributed by atoms with Crippen LogP contribution < -0.4 is 16.6 Å².